The van der Waals surface area contributed by atoms with Crippen molar-refractivity contribution in [1.82, 2.24) is 15.1 Å². The van der Waals surface area contributed by atoms with Gasteiger partial charge in [-0.3, -0.25) is 4.68 Å². The van der Waals surface area contributed by atoms with Gasteiger partial charge in [0.05, 0.1) is 12.7 Å². The van der Waals surface area contributed by atoms with Crippen LogP contribution in [0.1, 0.15) is 12.5 Å². The molecular formula is C14H18BrN3O. The van der Waals surface area contributed by atoms with Crippen LogP contribution in [0.3, 0.4) is 0 Å². The van der Waals surface area contributed by atoms with Gasteiger partial charge in [-0.15, -0.1) is 0 Å². The van der Waals surface area contributed by atoms with Crippen LogP contribution >= 0.6 is 15.9 Å². The lowest BCUT2D eigenvalue weighted by Crippen LogP contribution is -2.11. The monoisotopic (exact) mass is 323 g/mol. The molecule has 1 aromatic heterocycles. The first-order valence-electron chi connectivity index (χ1n) is 6.38. The number of hydrogen-bond acceptors (Lipinski definition) is 3. The van der Waals surface area contributed by atoms with E-state index >= 15 is 0 Å². The molecule has 0 saturated heterocycles. The van der Waals surface area contributed by atoms with Crippen LogP contribution in [0.25, 0.3) is 0 Å². The van der Waals surface area contributed by atoms with E-state index in [-0.39, 0.29) is 0 Å². The fraction of sp³-hybridized carbons (Fsp3) is 0.357. The fourth-order valence-corrected chi connectivity index (χ4v) is 2.08. The molecule has 0 spiro atoms. The van der Waals surface area contributed by atoms with E-state index in [1.807, 2.05) is 41.3 Å². The Morgan fingerprint density at radius 2 is 2.32 bits per heavy atom. The van der Waals surface area contributed by atoms with E-state index in [9.17, 15) is 0 Å². The zero-order valence-corrected chi connectivity index (χ0v) is 12.6. The second-order valence-electron chi connectivity index (χ2n) is 4.20. The lowest BCUT2D eigenvalue weighted by molar-refractivity contribution is 0.291. The molecule has 4 nitrogen and oxygen atoms in total. The van der Waals surface area contributed by atoms with Crippen molar-refractivity contribution in [3.05, 3.63) is 46.7 Å². The standard InChI is InChI=1S/C14H18BrN3O/c1-2-16-9-12-10-17-18(11-12)6-7-19-14-5-3-4-13(15)8-14/h3-5,8,10-11,16H,2,6-7,9H2,1H3. The van der Waals surface area contributed by atoms with E-state index in [2.05, 4.69) is 33.3 Å². The molecular weight excluding hydrogens is 306 g/mol. The first-order chi connectivity index (χ1) is 9.28. The Labute approximate surface area is 121 Å². The Morgan fingerprint density at radius 1 is 1.42 bits per heavy atom. The van der Waals surface area contributed by atoms with Gasteiger partial charge in [-0.1, -0.05) is 28.9 Å². The normalized spacial score (nSPS) is 10.6. The molecule has 1 aromatic carbocycles. The molecule has 0 saturated carbocycles. The van der Waals surface area contributed by atoms with Gasteiger partial charge in [-0.05, 0) is 24.7 Å². The van der Waals surface area contributed by atoms with Crippen molar-refractivity contribution in [2.75, 3.05) is 13.2 Å². The Kier molecular flexibility index (Phi) is 5.42. The molecule has 2 rings (SSSR count). The number of hydrogen-bond donors (Lipinski definition) is 1. The lowest BCUT2D eigenvalue weighted by Gasteiger charge is -2.06. The van der Waals surface area contributed by atoms with Crippen molar-refractivity contribution in [1.29, 1.82) is 0 Å². The van der Waals surface area contributed by atoms with E-state index in [0.29, 0.717) is 6.61 Å². The number of aromatic nitrogens is 2. The molecule has 102 valence electrons. The molecule has 0 unspecified atom stereocenters. The fourth-order valence-electron chi connectivity index (χ4n) is 1.70. The van der Waals surface area contributed by atoms with Gasteiger partial charge < -0.3 is 10.1 Å². The number of ether oxygens (including phenoxy) is 1. The highest BCUT2D eigenvalue weighted by Gasteiger charge is 1.99. The smallest absolute Gasteiger partial charge is 0.120 e. The summed E-state index contributed by atoms with van der Waals surface area (Å²) in [7, 11) is 0. The first kappa shape index (κ1) is 14.1. The number of halogens is 1. The van der Waals surface area contributed by atoms with E-state index in [1.54, 1.807) is 0 Å². The summed E-state index contributed by atoms with van der Waals surface area (Å²) < 4.78 is 8.61. The molecule has 0 bridgehead atoms. The largest absolute Gasteiger partial charge is 0.492 e. The Bertz CT molecular complexity index is 513. The molecule has 19 heavy (non-hydrogen) atoms. The van der Waals surface area contributed by atoms with Crippen LogP contribution in [-0.2, 0) is 13.1 Å². The van der Waals surface area contributed by atoms with Crippen LogP contribution in [-0.4, -0.2) is 22.9 Å². The summed E-state index contributed by atoms with van der Waals surface area (Å²) in [6.07, 6.45) is 3.94. The maximum atomic E-state index is 5.67. The van der Waals surface area contributed by atoms with Gasteiger partial charge in [0.1, 0.15) is 12.4 Å². The maximum absolute atomic E-state index is 5.67. The quantitative estimate of drug-likeness (QED) is 0.851. The predicted octanol–water partition coefficient (Wildman–Crippen LogP) is 2.83. The Hall–Kier alpha value is -1.33. The molecule has 0 aliphatic heterocycles. The van der Waals surface area contributed by atoms with Crippen LogP contribution in [0.15, 0.2) is 41.1 Å². The summed E-state index contributed by atoms with van der Waals surface area (Å²) in [6.45, 7) is 5.29. The van der Waals surface area contributed by atoms with Crippen LogP contribution in [0, 0.1) is 0 Å². The van der Waals surface area contributed by atoms with Crippen LogP contribution in [0.4, 0.5) is 0 Å². The van der Waals surface area contributed by atoms with Crippen molar-refractivity contribution in [3.63, 3.8) is 0 Å². The van der Waals surface area contributed by atoms with Crippen molar-refractivity contribution in [2.24, 2.45) is 0 Å². The molecule has 1 heterocycles. The number of rotatable bonds is 7. The number of nitrogens with one attached hydrogen (secondary N) is 1. The summed E-state index contributed by atoms with van der Waals surface area (Å²) in [4.78, 5) is 0. The zero-order chi connectivity index (χ0) is 13.5. The van der Waals surface area contributed by atoms with Crippen LogP contribution in [0.5, 0.6) is 5.75 Å². The molecule has 0 fully saturated rings. The predicted molar refractivity (Wildman–Crippen MR) is 79.2 cm³/mol. The summed E-state index contributed by atoms with van der Waals surface area (Å²) in [5.74, 6) is 0.870. The van der Waals surface area contributed by atoms with Crippen molar-refractivity contribution in [2.45, 2.75) is 20.0 Å². The minimum absolute atomic E-state index is 0.610. The molecule has 5 heteroatoms. The van der Waals surface area contributed by atoms with E-state index < -0.39 is 0 Å². The zero-order valence-electron chi connectivity index (χ0n) is 11.0. The topological polar surface area (TPSA) is 39.1 Å². The van der Waals surface area contributed by atoms with E-state index in [1.165, 1.54) is 5.56 Å². The van der Waals surface area contributed by atoms with Crippen molar-refractivity contribution >= 4 is 15.9 Å². The summed E-state index contributed by atoms with van der Waals surface area (Å²) in [5, 5.41) is 7.58. The van der Waals surface area contributed by atoms with Gasteiger partial charge in [0.25, 0.3) is 0 Å². The maximum Gasteiger partial charge on any atom is 0.120 e. The third-order valence-electron chi connectivity index (χ3n) is 2.65. The SMILES string of the molecule is CCNCc1cnn(CCOc2cccc(Br)c2)c1. The van der Waals surface area contributed by atoms with Gasteiger partial charge in [-0.2, -0.15) is 5.10 Å². The van der Waals surface area contributed by atoms with Gasteiger partial charge in [0, 0.05) is 22.8 Å². The van der Waals surface area contributed by atoms with Crippen molar-refractivity contribution in [3.8, 4) is 5.75 Å². The molecule has 0 aliphatic carbocycles. The Balaban J connectivity index is 1.77. The third-order valence-corrected chi connectivity index (χ3v) is 3.14. The van der Waals surface area contributed by atoms with Gasteiger partial charge >= 0.3 is 0 Å². The average molecular weight is 324 g/mol. The molecule has 2 aromatic rings. The van der Waals surface area contributed by atoms with Crippen LogP contribution < -0.4 is 10.1 Å². The van der Waals surface area contributed by atoms with Crippen LogP contribution in [0.2, 0.25) is 0 Å². The Morgan fingerprint density at radius 3 is 3.11 bits per heavy atom. The van der Waals surface area contributed by atoms with Gasteiger partial charge in [-0.25, -0.2) is 0 Å². The highest BCUT2D eigenvalue weighted by Crippen LogP contribution is 2.17. The number of benzene rings is 1. The third kappa shape index (κ3) is 4.69. The highest BCUT2D eigenvalue weighted by atomic mass is 79.9. The number of nitrogens with zero attached hydrogens (tertiary/aromatic N) is 2. The molecule has 0 radical (unpaired) electrons. The van der Waals surface area contributed by atoms with Gasteiger partial charge in [0.15, 0.2) is 0 Å². The van der Waals surface area contributed by atoms with Gasteiger partial charge in [0.2, 0.25) is 0 Å². The van der Waals surface area contributed by atoms with E-state index in [4.69, 9.17) is 4.74 Å². The van der Waals surface area contributed by atoms with Crippen molar-refractivity contribution < 1.29 is 4.74 Å². The highest BCUT2D eigenvalue weighted by molar-refractivity contribution is 9.10. The molecule has 1 N–H and O–H groups in total. The summed E-state index contributed by atoms with van der Waals surface area (Å²) >= 11 is 3.42. The minimum atomic E-state index is 0.610. The molecule has 0 aliphatic rings. The second-order valence-corrected chi connectivity index (χ2v) is 5.11. The summed E-state index contributed by atoms with van der Waals surface area (Å²) in [5.41, 5.74) is 1.20. The summed E-state index contributed by atoms with van der Waals surface area (Å²) in [6, 6.07) is 7.85. The molecule has 0 amide bonds. The second kappa shape index (κ2) is 7.31. The first-order valence-corrected chi connectivity index (χ1v) is 7.17. The minimum Gasteiger partial charge on any atom is -0.492 e. The molecule has 0 atom stereocenters. The average Bonchev–Trinajstić information content (AvgIpc) is 2.84. The lowest BCUT2D eigenvalue weighted by atomic mass is 10.3. The van der Waals surface area contributed by atoms with E-state index in [0.717, 1.165) is 29.9 Å².